The van der Waals surface area contributed by atoms with Crippen molar-refractivity contribution >= 4 is 19.1 Å². The van der Waals surface area contributed by atoms with Gasteiger partial charge < -0.3 is 0 Å². The van der Waals surface area contributed by atoms with E-state index in [0.717, 1.165) is 0 Å². The third-order valence-corrected chi connectivity index (χ3v) is 1.21. The van der Waals surface area contributed by atoms with Crippen LogP contribution in [0.1, 0.15) is 0 Å². The van der Waals surface area contributed by atoms with Crippen LogP contribution in [-0.4, -0.2) is 0 Å². The summed E-state index contributed by atoms with van der Waals surface area (Å²) >= 11 is -0.106. The average molecular weight is 387 g/mol. The van der Waals surface area contributed by atoms with Crippen molar-refractivity contribution in [3.05, 3.63) is 72.8 Å². The molecular weight excluding hydrogens is 377 g/mol. The Morgan fingerprint density at radius 2 is 0.875 bits per heavy atom. The third kappa shape index (κ3) is 16.6. The first kappa shape index (κ1) is 18.6. The van der Waals surface area contributed by atoms with Gasteiger partial charge in [-0.15, -0.1) is 0 Å². The molecule has 0 radical (unpaired) electrons. The van der Waals surface area contributed by atoms with E-state index in [1.807, 2.05) is 60.7 Å². The second-order valence-corrected chi connectivity index (χ2v) is 4.56. The number of hydrogen-bond acceptors (Lipinski definition) is 0. The summed E-state index contributed by atoms with van der Waals surface area (Å²) in [4.78, 5) is 0. The average Bonchev–Trinajstić information content (AvgIpc) is 2.35. The van der Waals surface area contributed by atoms with Crippen molar-refractivity contribution in [1.29, 1.82) is 0 Å². The van der Waals surface area contributed by atoms with Gasteiger partial charge in [0, 0.05) is 0 Å². The maximum atomic E-state index is 4.81. The fraction of sp³-hybridized carbons (Fsp3) is 0. The Hall–Kier alpha value is 0.202. The summed E-state index contributed by atoms with van der Waals surface area (Å²) in [6.07, 6.45) is 0. The van der Waals surface area contributed by atoms with E-state index >= 15 is 0 Å². The van der Waals surface area contributed by atoms with Crippen molar-refractivity contribution in [3.63, 3.8) is 0 Å². The van der Waals surface area contributed by atoms with Gasteiger partial charge in [0.05, 0.1) is 0 Å². The Morgan fingerprint density at radius 3 is 0.938 bits per heavy atom. The van der Waals surface area contributed by atoms with E-state index in [1.165, 1.54) is 0 Å². The monoisotopic (exact) mass is 386 g/mol. The van der Waals surface area contributed by atoms with Crippen LogP contribution in [0.15, 0.2) is 60.7 Å². The van der Waals surface area contributed by atoms with Crippen LogP contribution in [0.4, 0.5) is 0 Å². The molecule has 16 heavy (non-hydrogen) atoms. The normalized spacial score (nSPS) is 7.38. The first-order valence-electron chi connectivity index (χ1n) is 4.06. The second kappa shape index (κ2) is 17.6. The number of halogens is 2. The SMILES string of the molecule is [Cl][Pd][Cl].[Fe+2].[c-]1ccccc1.[c-]1ccccc1. The fourth-order valence-electron chi connectivity index (χ4n) is 0.684. The third-order valence-electron chi connectivity index (χ3n) is 1.21. The van der Waals surface area contributed by atoms with Crippen LogP contribution in [0.5, 0.6) is 0 Å². The standard InChI is InChI=1S/2C6H5.2ClH.Fe.Pd/c2*1-2-4-6-5-3-1;;;;/h2*1-5H;2*1H;;/q2*-1;;;2*+2/p-2. The Morgan fingerprint density at radius 1 is 0.625 bits per heavy atom. The van der Waals surface area contributed by atoms with Gasteiger partial charge in [0.25, 0.3) is 0 Å². The smallest absolute Gasteiger partial charge is 0.184 e. The van der Waals surface area contributed by atoms with E-state index in [1.54, 1.807) is 0 Å². The molecule has 0 fully saturated rings. The van der Waals surface area contributed by atoms with Crippen LogP contribution in [0.2, 0.25) is 0 Å². The van der Waals surface area contributed by atoms with E-state index in [2.05, 4.69) is 12.1 Å². The molecule has 4 heteroatoms. The summed E-state index contributed by atoms with van der Waals surface area (Å²) in [6, 6.07) is 25.0. The van der Waals surface area contributed by atoms with Gasteiger partial charge >= 0.3 is 52.1 Å². The van der Waals surface area contributed by atoms with Gasteiger partial charge in [0.2, 0.25) is 0 Å². The summed E-state index contributed by atoms with van der Waals surface area (Å²) in [7, 11) is 9.63. The summed E-state index contributed by atoms with van der Waals surface area (Å²) < 4.78 is 0. The topological polar surface area (TPSA) is 0 Å². The summed E-state index contributed by atoms with van der Waals surface area (Å²) in [5.74, 6) is 0. The summed E-state index contributed by atoms with van der Waals surface area (Å²) in [5, 5.41) is 0. The molecular formula is C12H10Cl2FePd. The van der Waals surface area contributed by atoms with Crippen molar-refractivity contribution in [2.24, 2.45) is 0 Å². The quantitative estimate of drug-likeness (QED) is 0.466. The molecule has 0 amide bonds. The van der Waals surface area contributed by atoms with Gasteiger partial charge in [0.1, 0.15) is 0 Å². The van der Waals surface area contributed by atoms with Crippen LogP contribution in [0, 0.1) is 12.1 Å². The molecule has 0 aliphatic rings. The first-order valence-corrected chi connectivity index (χ1v) is 8.06. The molecule has 0 aliphatic carbocycles. The molecule has 2 aromatic rings. The maximum Gasteiger partial charge on any atom is 2.00 e. The van der Waals surface area contributed by atoms with Crippen LogP contribution in [0.3, 0.4) is 0 Å². The van der Waals surface area contributed by atoms with Crippen LogP contribution >= 0.6 is 19.1 Å². The zero-order chi connectivity index (χ0) is 11.2. The molecule has 90 valence electrons. The number of hydrogen-bond donors (Lipinski definition) is 0. The number of rotatable bonds is 0. The van der Waals surface area contributed by atoms with Gasteiger partial charge in [-0.05, 0) is 0 Å². The molecule has 0 saturated carbocycles. The zero-order valence-electron chi connectivity index (χ0n) is 8.20. The predicted octanol–water partition coefficient (Wildman–Crippen LogP) is 4.35. The molecule has 0 atom stereocenters. The zero-order valence-corrected chi connectivity index (χ0v) is 12.4. The minimum atomic E-state index is -0.106. The van der Waals surface area contributed by atoms with E-state index < -0.39 is 0 Å². The molecule has 2 rings (SSSR count). The Balaban J connectivity index is 0. The van der Waals surface area contributed by atoms with Crippen molar-refractivity contribution in [2.75, 3.05) is 0 Å². The minimum Gasteiger partial charge on any atom is -0.184 e. The second-order valence-electron chi connectivity index (χ2n) is 2.20. The number of benzene rings is 2. The molecule has 0 unspecified atom stereocenters. The molecule has 0 spiro atoms. The van der Waals surface area contributed by atoms with Crippen molar-refractivity contribution in [1.82, 2.24) is 0 Å². The van der Waals surface area contributed by atoms with Crippen LogP contribution in [0.25, 0.3) is 0 Å². The Kier molecular flexibility index (Phi) is 20.4. The molecule has 0 aromatic heterocycles. The van der Waals surface area contributed by atoms with Gasteiger partial charge in [-0.2, -0.15) is 72.8 Å². The van der Waals surface area contributed by atoms with Crippen molar-refractivity contribution in [3.8, 4) is 0 Å². The summed E-state index contributed by atoms with van der Waals surface area (Å²) in [5.41, 5.74) is 0. The van der Waals surface area contributed by atoms with E-state index in [4.69, 9.17) is 19.1 Å². The van der Waals surface area contributed by atoms with Crippen LogP contribution in [-0.2, 0) is 33.0 Å². The molecule has 0 nitrogen and oxygen atoms in total. The van der Waals surface area contributed by atoms with Gasteiger partial charge in [-0.1, -0.05) is 0 Å². The molecule has 0 bridgehead atoms. The first-order chi connectivity index (χ1) is 7.41. The van der Waals surface area contributed by atoms with Gasteiger partial charge in [-0.25, -0.2) is 0 Å². The van der Waals surface area contributed by atoms with E-state index in [0.29, 0.717) is 0 Å². The maximum absolute atomic E-state index is 4.81. The minimum absolute atomic E-state index is 0. The van der Waals surface area contributed by atoms with Crippen molar-refractivity contribution < 1.29 is 33.0 Å². The van der Waals surface area contributed by atoms with E-state index in [-0.39, 0.29) is 33.0 Å². The molecule has 0 heterocycles. The van der Waals surface area contributed by atoms with Crippen LogP contribution < -0.4 is 0 Å². The molecule has 0 N–H and O–H groups in total. The molecule has 0 saturated heterocycles. The van der Waals surface area contributed by atoms with Crippen molar-refractivity contribution in [2.45, 2.75) is 0 Å². The van der Waals surface area contributed by atoms with E-state index in [9.17, 15) is 0 Å². The van der Waals surface area contributed by atoms with Gasteiger partial charge in [0.15, 0.2) is 0 Å². The fourth-order valence-corrected chi connectivity index (χ4v) is 0.684. The largest absolute Gasteiger partial charge is 2.00 e. The summed E-state index contributed by atoms with van der Waals surface area (Å²) in [6.45, 7) is 0. The Bertz CT molecular complexity index is 207. The Labute approximate surface area is 124 Å². The molecule has 2 aromatic carbocycles. The van der Waals surface area contributed by atoms with Gasteiger partial charge in [-0.3, -0.25) is 0 Å². The molecule has 0 aliphatic heterocycles. The predicted molar refractivity (Wildman–Crippen MR) is 62.3 cm³/mol.